The van der Waals surface area contributed by atoms with E-state index in [1.54, 1.807) is 4.90 Å². The third-order valence-corrected chi connectivity index (χ3v) is 4.68. The van der Waals surface area contributed by atoms with Crippen molar-refractivity contribution in [3.63, 3.8) is 0 Å². The summed E-state index contributed by atoms with van der Waals surface area (Å²) < 4.78 is 44.6. The number of fused-ring (bicyclic) bond motifs is 1. The largest absolute Gasteiger partial charge is 0.404 e. The molecule has 23 heavy (non-hydrogen) atoms. The topological polar surface area (TPSA) is 24.5 Å². The van der Waals surface area contributed by atoms with Crippen molar-refractivity contribution in [2.45, 2.75) is 44.1 Å². The molecule has 0 aliphatic carbocycles. The van der Waals surface area contributed by atoms with Crippen molar-refractivity contribution in [3.8, 4) is 0 Å². The van der Waals surface area contributed by atoms with E-state index in [2.05, 4.69) is 11.4 Å². The molecule has 0 amide bonds. The smallest absolute Gasteiger partial charge is 0.359 e. The van der Waals surface area contributed by atoms with E-state index in [0.29, 0.717) is 32.5 Å². The number of halogens is 3. The highest BCUT2D eigenvalue weighted by Gasteiger charge is 2.45. The predicted octanol–water partition coefficient (Wildman–Crippen LogP) is 3.26. The van der Waals surface area contributed by atoms with Crippen molar-refractivity contribution >= 4 is 0 Å². The van der Waals surface area contributed by atoms with E-state index in [9.17, 15) is 13.2 Å². The maximum atomic E-state index is 12.9. The highest BCUT2D eigenvalue weighted by Crippen LogP contribution is 2.32. The fourth-order valence-corrected chi connectivity index (χ4v) is 3.55. The zero-order valence-electron chi connectivity index (χ0n) is 13.1. The van der Waals surface area contributed by atoms with Crippen LogP contribution in [0.4, 0.5) is 13.2 Å². The lowest BCUT2D eigenvalue weighted by atomic mass is 10.00. The summed E-state index contributed by atoms with van der Waals surface area (Å²) in [6.07, 6.45) is -1.80. The number of hydrogen-bond acceptors (Lipinski definition) is 3. The molecule has 0 radical (unpaired) electrons. The zero-order chi connectivity index (χ0) is 16.3. The van der Waals surface area contributed by atoms with Gasteiger partial charge in [0, 0.05) is 13.1 Å². The van der Waals surface area contributed by atoms with E-state index in [0.717, 1.165) is 18.5 Å². The van der Waals surface area contributed by atoms with Crippen LogP contribution in [0.3, 0.4) is 0 Å². The van der Waals surface area contributed by atoms with Gasteiger partial charge in [-0.1, -0.05) is 24.3 Å². The molecule has 2 aliphatic heterocycles. The molecule has 3 nitrogen and oxygen atoms in total. The minimum Gasteiger partial charge on any atom is -0.359 e. The molecule has 0 bridgehead atoms. The number of alkyl halides is 3. The highest BCUT2D eigenvalue weighted by molar-refractivity contribution is 5.30. The van der Waals surface area contributed by atoms with Crippen molar-refractivity contribution in [1.82, 2.24) is 10.2 Å². The SMILES string of the molecule is FC(F)(F)[C@@H]1CCCN1CCCOC1NCCc2ccccc21. The normalized spacial score (nSPS) is 25.5. The minimum absolute atomic E-state index is 0.142. The first-order chi connectivity index (χ1) is 11.1. The molecule has 0 saturated carbocycles. The summed E-state index contributed by atoms with van der Waals surface area (Å²) in [5.41, 5.74) is 2.43. The van der Waals surface area contributed by atoms with Crippen molar-refractivity contribution < 1.29 is 17.9 Å². The summed E-state index contributed by atoms with van der Waals surface area (Å²) in [6, 6.07) is 6.89. The van der Waals surface area contributed by atoms with Gasteiger partial charge in [0.1, 0.15) is 12.3 Å². The molecule has 1 N–H and O–H groups in total. The Hall–Kier alpha value is -1.11. The quantitative estimate of drug-likeness (QED) is 0.840. The van der Waals surface area contributed by atoms with Gasteiger partial charge in [0.05, 0.1) is 6.61 Å². The Labute approximate surface area is 134 Å². The molecule has 2 heterocycles. The highest BCUT2D eigenvalue weighted by atomic mass is 19.4. The van der Waals surface area contributed by atoms with Crippen molar-refractivity contribution in [1.29, 1.82) is 0 Å². The standard InChI is InChI=1S/C17H23F3N2O/c18-17(19,20)15-7-3-10-22(15)11-4-12-23-16-14-6-2-1-5-13(14)8-9-21-16/h1-2,5-6,15-16,21H,3-4,7-12H2/t15-,16?/m0/s1. The lowest BCUT2D eigenvalue weighted by Gasteiger charge is -2.28. The molecule has 1 aromatic carbocycles. The monoisotopic (exact) mass is 328 g/mol. The summed E-state index contributed by atoms with van der Waals surface area (Å²) in [7, 11) is 0. The lowest BCUT2D eigenvalue weighted by molar-refractivity contribution is -0.176. The Morgan fingerprint density at radius 1 is 1.26 bits per heavy atom. The summed E-state index contributed by atoms with van der Waals surface area (Å²) >= 11 is 0. The van der Waals surface area contributed by atoms with Crippen molar-refractivity contribution in [2.75, 3.05) is 26.2 Å². The van der Waals surface area contributed by atoms with Crippen LogP contribution in [-0.2, 0) is 11.2 Å². The molecule has 2 atom stereocenters. The predicted molar refractivity (Wildman–Crippen MR) is 82.1 cm³/mol. The van der Waals surface area contributed by atoms with Gasteiger partial charge in [0.25, 0.3) is 0 Å². The molecule has 3 rings (SSSR count). The minimum atomic E-state index is -4.11. The molecular formula is C17H23F3N2O. The van der Waals surface area contributed by atoms with Gasteiger partial charge in [-0.2, -0.15) is 13.2 Å². The Morgan fingerprint density at radius 3 is 2.91 bits per heavy atom. The molecule has 1 saturated heterocycles. The average Bonchev–Trinajstić information content (AvgIpc) is 3.00. The van der Waals surface area contributed by atoms with E-state index in [-0.39, 0.29) is 12.6 Å². The number of ether oxygens (including phenoxy) is 1. The van der Waals surface area contributed by atoms with Gasteiger partial charge in [0.15, 0.2) is 0 Å². The van der Waals surface area contributed by atoms with Gasteiger partial charge in [-0.25, -0.2) is 0 Å². The van der Waals surface area contributed by atoms with E-state index in [4.69, 9.17) is 4.74 Å². The van der Waals surface area contributed by atoms with Crippen LogP contribution < -0.4 is 5.32 Å². The van der Waals surface area contributed by atoms with Gasteiger partial charge in [-0.05, 0) is 43.4 Å². The number of likely N-dealkylation sites (tertiary alicyclic amines) is 1. The maximum absolute atomic E-state index is 12.9. The van der Waals surface area contributed by atoms with Crippen LogP contribution in [0.25, 0.3) is 0 Å². The Morgan fingerprint density at radius 2 is 2.09 bits per heavy atom. The van der Waals surface area contributed by atoms with E-state index in [1.165, 1.54) is 5.56 Å². The van der Waals surface area contributed by atoms with Gasteiger partial charge >= 0.3 is 6.18 Å². The number of benzene rings is 1. The number of rotatable bonds is 5. The molecule has 0 spiro atoms. The average molecular weight is 328 g/mol. The number of nitrogens with one attached hydrogen (secondary N) is 1. The van der Waals surface area contributed by atoms with Crippen LogP contribution in [-0.4, -0.2) is 43.4 Å². The molecule has 128 valence electrons. The molecule has 1 unspecified atom stereocenters. The fourth-order valence-electron chi connectivity index (χ4n) is 3.55. The van der Waals surface area contributed by atoms with Gasteiger partial charge in [-0.3, -0.25) is 10.2 Å². The fraction of sp³-hybridized carbons (Fsp3) is 0.647. The van der Waals surface area contributed by atoms with Crippen molar-refractivity contribution in [2.24, 2.45) is 0 Å². The summed E-state index contributed by atoms with van der Waals surface area (Å²) in [6.45, 7) is 2.31. The van der Waals surface area contributed by atoms with Crippen LogP contribution in [0.1, 0.15) is 36.6 Å². The van der Waals surface area contributed by atoms with Gasteiger partial charge in [0.2, 0.25) is 0 Å². The second-order valence-electron chi connectivity index (χ2n) is 6.24. The Balaban J connectivity index is 1.46. The van der Waals surface area contributed by atoms with E-state index in [1.807, 2.05) is 18.2 Å². The van der Waals surface area contributed by atoms with Gasteiger partial charge in [-0.15, -0.1) is 0 Å². The van der Waals surface area contributed by atoms with Crippen LogP contribution in [0.2, 0.25) is 0 Å². The molecule has 6 heteroatoms. The van der Waals surface area contributed by atoms with E-state index < -0.39 is 12.2 Å². The number of nitrogens with zero attached hydrogens (tertiary/aromatic N) is 1. The Bertz CT molecular complexity index is 521. The summed E-state index contributed by atoms with van der Waals surface area (Å²) in [5, 5.41) is 3.32. The van der Waals surface area contributed by atoms with Crippen LogP contribution in [0.15, 0.2) is 24.3 Å². The van der Waals surface area contributed by atoms with Gasteiger partial charge < -0.3 is 4.74 Å². The second-order valence-corrected chi connectivity index (χ2v) is 6.24. The maximum Gasteiger partial charge on any atom is 0.404 e. The first-order valence-electron chi connectivity index (χ1n) is 8.29. The summed E-state index contributed by atoms with van der Waals surface area (Å²) in [5.74, 6) is 0. The Kier molecular flexibility index (Phi) is 5.24. The second kappa shape index (κ2) is 7.20. The number of hydrogen-bond donors (Lipinski definition) is 1. The van der Waals surface area contributed by atoms with E-state index >= 15 is 0 Å². The molecule has 0 aromatic heterocycles. The third-order valence-electron chi connectivity index (χ3n) is 4.68. The first-order valence-corrected chi connectivity index (χ1v) is 8.29. The summed E-state index contributed by atoms with van der Waals surface area (Å²) in [4.78, 5) is 1.55. The molecular weight excluding hydrogens is 305 g/mol. The lowest BCUT2D eigenvalue weighted by Crippen LogP contribution is -2.41. The molecule has 1 aromatic rings. The third kappa shape index (κ3) is 4.05. The van der Waals surface area contributed by atoms with Crippen LogP contribution in [0, 0.1) is 0 Å². The molecule has 2 aliphatic rings. The first kappa shape index (κ1) is 16.7. The van der Waals surface area contributed by atoms with Crippen molar-refractivity contribution in [3.05, 3.63) is 35.4 Å². The zero-order valence-corrected chi connectivity index (χ0v) is 13.1. The van der Waals surface area contributed by atoms with Crippen LogP contribution >= 0.6 is 0 Å². The molecule has 1 fully saturated rings. The van der Waals surface area contributed by atoms with Crippen LogP contribution in [0.5, 0.6) is 0 Å².